The molecule has 2 rings (SSSR count). The van der Waals surface area contributed by atoms with Crippen LogP contribution in [0.25, 0.3) is 0 Å². The van der Waals surface area contributed by atoms with E-state index in [-0.39, 0.29) is 11.8 Å². The van der Waals surface area contributed by atoms with Crippen LogP contribution in [0.1, 0.15) is 12.0 Å². The van der Waals surface area contributed by atoms with Crippen molar-refractivity contribution in [2.45, 2.75) is 13.3 Å². The molecule has 1 saturated heterocycles. The number of aryl methyl sites for hydroxylation is 1. The number of carbonyl (C=O) groups excluding carboxylic acids is 1. The number of halogens is 1. The molecule has 4 heteroatoms. The van der Waals surface area contributed by atoms with Gasteiger partial charge < -0.3 is 10.6 Å². The SMILES string of the molecule is Cc1ccc(Cl)cc1N1CC(CN)CC1=O. The molecule has 1 fully saturated rings. The first-order chi connectivity index (χ1) is 7.61. The molecule has 16 heavy (non-hydrogen) atoms. The minimum absolute atomic E-state index is 0.140. The van der Waals surface area contributed by atoms with E-state index in [0.29, 0.717) is 24.5 Å². The fraction of sp³-hybridized carbons (Fsp3) is 0.417. The monoisotopic (exact) mass is 238 g/mol. The molecule has 1 aromatic rings. The molecule has 1 unspecified atom stereocenters. The lowest BCUT2D eigenvalue weighted by atomic mass is 10.1. The van der Waals surface area contributed by atoms with Gasteiger partial charge >= 0.3 is 0 Å². The summed E-state index contributed by atoms with van der Waals surface area (Å²) < 4.78 is 0. The number of hydrogen-bond acceptors (Lipinski definition) is 2. The lowest BCUT2D eigenvalue weighted by molar-refractivity contribution is -0.117. The summed E-state index contributed by atoms with van der Waals surface area (Å²) in [6, 6.07) is 5.61. The van der Waals surface area contributed by atoms with Gasteiger partial charge in [-0.1, -0.05) is 17.7 Å². The second-order valence-electron chi connectivity index (χ2n) is 4.24. The minimum Gasteiger partial charge on any atom is -0.330 e. The highest BCUT2D eigenvalue weighted by Crippen LogP contribution is 2.29. The predicted molar refractivity (Wildman–Crippen MR) is 65.7 cm³/mol. The molecule has 0 aliphatic carbocycles. The van der Waals surface area contributed by atoms with Gasteiger partial charge in [0.2, 0.25) is 5.91 Å². The second-order valence-corrected chi connectivity index (χ2v) is 4.68. The van der Waals surface area contributed by atoms with Crippen molar-refractivity contribution >= 4 is 23.2 Å². The Labute approximate surface area is 100 Å². The van der Waals surface area contributed by atoms with E-state index in [1.807, 2.05) is 25.1 Å². The molecule has 0 bridgehead atoms. The van der Waals surface area contributed by atoms with E-state index >= 15 is 0 Å². The van der Waals surface area contributed by atoms with Crippen LogP contribution in [0.2, 0.25) is 5.02 Å². The van der Waals surface area contributed by atoms with Crippen LogP contribution in [0.5, 0.6) is 0 Å². The van der Waals surface area contributed by atoms with Gasteiger partial charge in [-0.05, 0) is 37.1 Å². The number of rotatable bonds is 2. The van der Waals surface area contributed by atoms with Crippen molar-refractivity contribution in [3.63, 3.8) is 0 Å². The largest absolute Gasteiger partial charge is 0.330 e. The van der Waals surface area contributed by atoms with Gasteiger partial charge in [0.15, 0.2) is 0 Å². The summed E-state index contributed by atoms with van der Waals surface area (Å²) in [7, 11) is 0. The summed E-state index contributed by atoms with van der Waals surface area (Å²) in [5, 5.41) is 0.657. The zero-order valence-corrected chi connectivity index (χ0v) is 10.00. The van der Waals surface area contributed by atoms with Crippen molar-refractivity contribution in [2.24, 2.45) is 11.7 Å². The molecular formula is C12H15ClN2O. The fourth-order valence-electron chi connectivity index (χ4n) is 2.05. The van der Waals surface area contributed by atoms with Crippen LogP contribution >= 0.6 is 11.6 Å². The standard InChI is InChI=1S/C12H15ClN2O/c1-8-2-3-10(13)5-11(8)15-7-9(6-14)4-12(15)16/h2-3,5,9H,4,6-7,14H2,1H3. The van der Waals surface area contributed by atoms with Crippen molar-refractivity contribution in [1.29, 1.82) is 0 Å². The third kappa shape index (κ3) is 2.06. The summed E-state index contributed by atoms with van der Waals surface area (Å²) in [6.07, 6.45) is 0.544. The maximum atomic E-state index is 11.8. The highest BCUT2D eigenvalue weighted by Gasteiger charge is 2.30. The number of anilines is 1. The van der Waals surface area contributed by atoms with Gasteiger partial charge in [-0.25, -0.2) is 0 Å². The average Bonchev–Trinajstić information content (AvgIpc) is 2.63. The van der Waals surface area contributed by atoms with Crippen molar-refractivity contribution < 1.29 is 4.79 Å². The summed E-state index contributed by atoms with van der Waals surface area (Å²) in [5.74, 6) is 0.409. The topological polar surface area (TPSA) is 46.3 Å². The molecule has 0 radical (unpaired) electrons. The smallest absolute Gasteiger partial charge is 0.227 e. The molecule has 1 aliphatic rings. The highest BCUT2D eigenvalue weighted by atomic mass is 35.5. The Balaban J connectivity index is 2.30. The molecule has 0 saturated carbocycles. The van der Waals surface area contributed by atoms with Gasteiger partial charge in [0, 0.05) is 23.7 Å². The maximum Gasteiger partial charge on any atom is 0.227 e. The molecule has 0 aromatic heterocycles. The summed E-state index contributed by atoms with van der Waals surface area (Å²) in [5.41, 5.74) is 7.58. The Morgan fingerprint density at radius 1 is 1.56 bits per heavy atom. The van der Waals surface area contributed by atoms with Gasteiger partial charge in [-0.2, -0.15) is 0 Å². The van der Waals surface area contributed by atoms with Crippen LogP contribution in [0.15, 0.2) is 18.2 Å². The number of carbonyl (C=O) groups is 1. The number of nitrogens with zero attached hydrogens (tertiary/aromatic N) is 1. The summed E-state index contributed by atoms with van der Waals surface area (Å²) in [4.78, 5) is 13.6. The number of benzene rings is 1. The maximum absolute atomic E-state index is 11.8. The molecule has 86 valence electrons. The van der Waals surface area contributed by atoms with Crippen LogP contribution in [0, 0.1) is 12.8 Å². The molecule has 0 spiro atoms. The first-order valence-corrected chi connectivity index (χ1v) is 5.76. The lowest BCUT2D eigenvalue weighted by Gasteiger charge is -2.19. The zero-order chi connectivity index (χ0) is 11.7. The van der Waals surface area contributed by atoms with Crippen molar-refractivity contribution in [1.82, 2.24) is 0 Å². The van der Waals surface area contributed by atoms with Gasteiger partial charge in [0.05, 0.1) is 0 Å². The number of amides is 1. The quantitative estimate of drug-likeness (QED) is 0.856. The van der Waals surface area contributed by atoms with Crippen LogP contribution in [0.4, 0.5) is 5.69 Å². The molecule has 1 amide bonds. The van der Waals surface area contributed by atoms with Crippen LogP contribution in [-0.2, 0) is 4.79 Å². The van der Waals surface area contributed by atoms with E-state index in [1.165, 1.54) is 0 Å². The first kappa shape index (κ1) is 11.4. The van der Waals surface area contributed by atoms with E-state index < -0.39 is 0 Å². The lowest BCUT2D eigenvalue weighted by Crippen LogP contribution is -2.26. The molecule has 2 N–H and O–H groups in total. The van der Waals surface area contributed by atoms with Gasteiger partial charge in [-0.3, -0.25) is 4.79 Å². The Morgan fingerprint density at radius 3 is 2.94 bits per heavy atom. The van der Waals surface area contributed by atoms with E-state index in [9.17, 15) is 4.79 Å². The summed E-state index contributed by atoms with van der Waals surface area (Å²) >= 11 is 5.95. The average molecular weight is 239 g/mol. The van der Waals surface area contributed by atoms with Crippen LogP contribution in [-0.4, -0.2) is 19.0 Å². The van der Waals surface area contributed by atoms with Crippen LogP contribution in [0.3, 0.4) is 0 Å². The molecule has 1 aliphatic heterocycles. The highest BCUT2D eigenvalue weighted by molar-refractivity contribution is 6.31. The van der Waals surface area contributed by atoms with Crippen LogP contribution < -0.4 is 10.6 Å². The van der Waals surface area contributed by atoms with E-state index in [2.05, 4.69) is 0 Å². The van der Waals surface area contributed by atoms with E-state index in [4.69, 9.17) is 17.3 Å². The molecule has 1 aromatic carbocycles. The predicted octanol–water partition coefficient (Wildman–Crippen LogP) is 1.96. The third-order valence-corrected chi connectivity index (χ3v) is 3.24. The fourth-order valence-corrected chi connectivity index (χ4v) is 2.21. The van der Waals surface area contributed by atoms with Gasteiger partial charge in [0.25, 0.3) is 0 Å². The Hall–Kier alpha value is -1.06. The van der Waals surface area contributed by atoms with Gasteiger partial charge in [-0.15, -0.1) is 0 Å². The Morgan fingerprint density at radius 2 is 2.31 bits per heavy atom. The van der Waals surface area contributed by atoms with Crippen molar-refractivity contribution in [3.05, 3.63) is 28.8 Å². The van der Waals surface area contributed by atoms with E-state index in [1.54, 1.807) is 4.90 Å². The second kappa shape index (κ2) is 4.44. The first-order valence-electron chi connectivity index (χ1n) is 5.38. The Kier molecular flexibility index (Phi) is 3.17. The van der Waals surface area contributed by atoms with Crippen molar-refractivity contribution in [2.75, 3.05) is 18.0 Å². The number of nitrogens with two attached hydrogens (primary N) is 1. The molecular weight excluding hydrogens is 224 g/mol. The third-order valence-electron chi connectivity index (χ3n) is 3.00. The zero-order valence-electron chi connectivity index (χ0n) is 9.24. The Bertz CT molecular complexity index is 419. The van der Waals surface area contributed by atoms with E-state index in [0.717, 1.165) is 11.3 Å². The van der Waals surface area contributed by atoms with Crippen molar-refractivity contribution in [3.8, 4) is 0 Å². The molecule has 1 atom stereocenters. The summed E-state index contributed by atoms with van der Waals surface area (Å²) in [6.45, 7) is 3.24. The molecule has 3 nitrogen and oxygen atoms in total. The normalized spacial score (nSPS) is 20.6. The number of hydrogen-bond donors (Lipinski definition) is 1. The van der Waals surface area contributed by atoms with Gasteiger partial charge in [0.1, 0.15) is 0 Å². The molecule has 1 heterocycles. The minimum atomic E-state index is 0.140.